The Kier molecular flexibility index (Phi) is 9.00. The predicted octanol–water partition coefficient (Wildman–Crippen LogP) is 4.65. The molecule has 3 aromatic rings. The lowest BCUT2D eigenvalue weighted by atomic mass is 9.81. The molecule has 0 unspecified atom stereocenters. The van der Waals surface area contributed by atoms with Crippen LogP contribution < -0.4 is 4.74 Å². The van der Waals surface area contributed by atoms with Gasteiger partial charge in [-0.05, 0) is 85.7 Å². The molecule has 1 aromatic heterocycles. The number of ether oxygens (including phenoxy) is 1. The zero-order valence-corrected chi connectivity index (χ0v) is 21.0. The number of rotatable bonds is 10. The van der Waals surface area contributed by atoms with Crippen molar-refractivity contribution in [3.8, 4) is 11.8 Å². The maximum atomic E-state index is 11.0. The number of fused-ring (bicyclic) bond motifs is 1. The van der Waals surface area contributed by atoms with Crippen molar-refractivity contribution in [1.82, 2.24) is 9.88 Å². The molecular formula is C28H33N3O3S. The Hall–Kier alpha value is -2.63. The third kappa shape index (κ3) is 6.53. The number of nitriles is 1. The summed E-state index contributed by atoms with van der Waals surface area (Å²) in [6, 6.07) is 17.5. The molecular weight excluding hydrogens is 458 g/mol. The largest absolute Gasteiger partial charge is 0.497 e. The standard InChI is InChI=1S/C28H33N3O3S/c1-34-23-6-7-27-26(16-23)25(9-11-30-27)28(33)8-5-21-10-12-31(18-22(21)19-32)13-14-35-24-4-2-3-20(15-24)17-29/h2-4,6-7,9,11,15-16,21-22,28,32-33H,5,8,10,12-14,18-19H2,1H3/t21-,22-,28-/m1/s1. The van der Waals surface area contributed by atoms with E-state index >= 15 is 0 Å². The smallest absolute Gasteiger partial charge is 0.119 e. The first-order chi connectivity index (χ1) is 17.1. The third-order valence-corrected chi connectivity index (χ3v) is 7.98. The van der Waals surface area contributed by atoms with Gasteiger partial charge >= 0.3 is 0 Å². The fraction of sp³-hybridized carbons (Fsp3) is 0.429. The highest BCUT2D eigenvalue weighted by atomic mass is 32.2. The highest BCUT2D eigenvalue weighted by Crippen LogP contribution is 2.33. The van der Waals surface area contributed by atoms with Crippen molar-refractivity contribution in [2.24, 2.45) is 11.8 Å². The zero-order chi connectivity index (χ0) is 24.6. The van der Waals surface area contributed by atoms with E-state index < -0.39 is 6.10 Å². The van der Waals surface area contributed by atoms with Crippen LogP contribution in [-0.2, 0) is 0 Å². The van der Waals surface area contributed by atoms with E-state index in [2.05, 4.69) is 16.0 Å². The van der Waals surface area contributed by atoms with Crippen LogP contribution in [0, 0.1) is 23.2 Å². The molecule has 0 amide bonds. The number of thioether (sulfide) groups is 1. The minimum atomic E-state index is -0.578. The van der Waals surface area contributed by atoms with Gasteiger partial charge in [0.1, 0.15) is 5.75 Å². The highest BCUT2D eigenvalue weighted by molar-refractivity contribution is 7.99. The van der Waals surface area contributed by atoms with Crippen LogP contribution in [0.3, 0.4) is 0 Å². The Morgan fingerprint density at radius 2 is 2.11 bits per heavy atom. The fourth-order valence-corrected chi connectivity index (χ4v) is 5.96. The van der Waals surface area contributed by atoms with Gasteiger partial charge in [0.2, 0.25) is 0 Å². The summed E-state index contributed by atoms with van der Waals surface area (Å²) in [5.41, 5.74) is 2.42. The maximum Gasteiger partial charge on any atom is 0.119 e. The average Bonchev–Trinajstić information content (AvgIpc) is 2.91. The SMILES string of the molecule is COc1ccc2nccc([C@H](O)CC[C@@H]3CCN(CCSc4cccc(C#N)c4)C[C@@H]3CO)c2c1. The van der Waals surface area contributed by atoms with Gasteiger partial charge in [-0.15, -0.1) is 11.8 Å². The van der Waals surface area contributed by atoms with Crippen LogP contribution in [0.1, 0.15) is 36.5 Å². The molecule has 0 spiro atoms. The number of hydrogen-bond donors (Lipinski definition) is 2. The molecule has 1 aliphatic heterocycles. The van der Waals surface area contributed by atoms with Gasteiger partial charge in [0.25, 0.3) is 0 Å². The van der Waals surface area contributed by atoms with Crippen LogP contribution in [0.25, 0.3) is 10.9 Å². The number of methoxy groups -OCH3 is 1. The first-order valence-corrected chi connectivity index (χ1v) is 13.2. The molecule has 4 rings (SSSR count). The molecule has 0 bridgehead atoms. The molecule has 1 aliphatic rings. The van der Waals surface area contributed by atoms with E-state index in [1.807, 2.05) is 48.5 Å². The number of aliphatic hydroxyl groups is 2. The number of pyridine rings is 1. The van der Waals surface area contributed by atoms with E-state index in [0.717, 1.165) is 65.3 Å². The summed E-state index contributed by atoms with van der Waals surface area (Å²) in [6.45, 7) is 3.01. The monoisotopic (exact) mass is 491 g/mol. The summed E-state index contributed by atoms with van der Waals surface area (Å²) in [4.78, 5) is 7.96. The van der Waals surface area contributed by atoms with Crippen molar-refractivity contribution in [2.75, 3.05) is 39.1 Å². The van der Waals surface area contributed by atoms with Crippen LogP contribution >= 0.6 is 11.8 Å². The van der Waals surface area contributed by atoms with Gasteiger partial charge in [-0.25, -0.2) is 0 Å². The summed E-state index contributed by atoms with van der Waals surface area (Å²) in [5, 5.41) is 31.1. The predicted molar refractivity (Wildman–Crippen MR) is 139 cm³/mol. The summed E-state index contributed by atoms with van der Waals surface area (Å²) in [7, 11) is 1.64. The van der Waals surface area contributed by atoms with E-state index in [-0.39, 0.29) is 12.5 Å². The van der Waals surface area contributed by atoms with Gasteiger partial charge in [0.15, 0.2) is 0 Å². The van der Waals surface area contributed by atoms with E-state index in [0.29, 0.717) is 17.9 Å². The first kappa shape index (κ1) is 25.5. The Balaban J connectivity index is 1.29. The van der Waals surface area contributed by atoms with E-state index in [1.165, 1.54) is 0 Å². The quantitative estimate of drug-likeness (QED) is 0.399. The molecule has 0 radical (unpaired) electrons. The van der Waals surface area contributed by atoms with Crippen molar-refractivity contribution in [3.05, 3.63) is 65.9 Å². The molecule has 2 aromatic carbocycles. The average molecular weight is 492 g/mol. The Labute approximate surface area is 211 Å². The number of likely N-dealkylation sites (tertiary alicyclic amines) is 1. The third-order valence-electron chi connectivity index (χ3n) is 7.00. The van der Waals surface area contributed by atoms with Crippen molar-refractivity contribution in [2.45, 2.75) is 30.3 Å². The topological polar surface area (TPSA) is 89.6 Å². The van der Waals surface area contributed by atoms with Gasteiger partial charge in [0.05, 0.1) is 30.4 Å². The molecule has 7 heteroatoms. The number of benzene rings is 2. The van der Waals surface area contributed by atoms with Crippen LogP contribution in [-0.4, -0.2) is 59.2 Å². The van der Waals surface area contributed by atoms with Crippen molar-refractivity contribution < 1.29 is 14.9 Å². The number of aromatic nitrogens is 1. The second-order valence-electron chi connectivity index (χ2n) is 9.16. The number of aliphatic hydroxyl groups excluding tert-OH is 2. The second-order valence-corrected chi connectivity index (χ2v) is 10.3. The lowest BCUT2D eigenvalue weighted by Gasteiger charge is -2.38. The van der Waals surface area contributed by atoms with Gasteiger partial charge in [-0.2, -0.15) is 5.26 Å². The number of piperidine rings is 1. The number of hydrogen-bond acceptors (Lipinski definition) is 7. The molecule has 2 heterocycles. The zero-order valence-electron chi connectivity index (χ0n) is 20.1. The van der Waals surface area contributed by atoms with Crippen molar-refractivity contribution in [1.29, 1.82) is 5.26 Å². The second kappa shape index (κ2) is 12.4. The van der Waals surface area contributed by atoms with Crippen LogP contribution in [0.2, 0.25) is 0 Å². The van der Waals surface area contributed by atoms with E-state index in [1.54, 1.807) is 25.1 Å². The normalized spacial score (nSPS) is 19.4. The molecule has 1 saturated heterocycles. The molecule has 35 heavy (non-hydrogen) atoms. The van der Waals surface area contributed by atoms with E-state index in [4.69, 9.17) is 10.00 Å². The van der Waals surface area contributed by atoms with Gasteiger partial charge in [0, 0.05) is 41.9 Å². The molecule has 6 nitrogen and oxygen atoms in total. The Morgan fingerprint density at radius 3 is 2.91 bits per heavy atom. The van der Waals surface area contributed by atoms with Gasteiger partial charge < -0.3 is 19.8 Å². The highest BCUT2D eigenvalue weighted by Gasteiger charge is 2.29. The summed E-state index contributed by atoms with van der Waals surface area (Å²) >= 11 is 1.77. The molecule has 2 N–H and O–H groups in total. The molecule has 184 valence electrons. The molecule has 1 fully saturated rings. The molecule has 0 saturated carbocycles. The molecule has 0 aliphatic carbocycles. The van der Waals surface area contributed by atoms with Crippen LogP contribution in [0.4, 0.5) is 0 Å². The number of nitrogens with zero attached hydrogens (tertiary/aromatic N) is 3. The van der Waals surface area contributed by atoms with Gasteiger partial charge in [-0.1, -0.05) is 6.07 Å². The fourth-order valence-electron chi connectivity index (χ4n) is 4.99. The first-order valence-electron chi connectivity index (χ1n) is 12.2. The summed E-state index contributed by atoms with van der Waals surface area (Å²) in [6.07, 6.45) is 3.73. The minimum absolute atomic E-state index is 0.171. The minimum Gasteiger partial charge on any atom is -0.497 e. The summed E-state index contributed by atoms with van der Waals surface area (Å²) < 4.78 is 5.36. The maximum absolute atomic E-state index is 11.0. The Morgan fingerprint density at radius 1 is 1.23 bits per heavy atom. The van der Waals surface area contributed by atoms with Crippen LogP contribution in [0.15, 0.2) is 59.6 Å². The van der Waals surface area contributed by atoms with Gasteiger partial charge in [-0.3, -0.25) is 4.98 Å². The Bertz CT molecular complexity index is 1170. The van der Waals surface area contributed by atoms with Crippen molar-refractivity contribution >= 4 is 22.7 Å². The van der Waals surface area contributed by atoms with Crippen molar-refractivity contribution in [3.63, 3.8) is 0 Å². The lowest BCUT2D eigenvalue weighted by molar-refractivity contribution is 0.0608. The molecule has 3 atom stereocenters. The summed E-state index contributed by atoms with van der Waals surface area (Å²) in [5.74, 6) is 2.32. The van der Waals surface area contributed by atoms with Crippen LogP contribution in [0.5, 0.6) is 5.75 Å². The van der Waals surface area contributed by atoms with E-state index in [9.17, 15) is 10.2 Å². The lowest BCUT2D eigenvalue weighted by Crippen LogP contribution is -2.43.